The van der Waals surface area contributed by atoms with Gasteiger partial charge in [0.1, 0.15) is 11.6 Å². The highest BCUT2D eigenvalue weighted by Crippen LogP contribution is 2.35. The summed E-state index contributed by atoms with van der Waals surface area (Å²) < 4.78 is 16.5. The lowest BCUT2D eigenvalue weighted by atomic mass is 9.91. The number of carbonyl (C=O) groups excluding carboxylic acids is 1. The van der Waals surface area contributed by atoms with Crippen LogP contribution in [0.25, 0.3) is 16.6 Å². The molecule has 6 heteroatoms. The molecule has 1 aliphatic rings. The summed E-state index contributed by atoms with van der Waals surface area (Å²) in [6, 6.07) is 26.9. The summed E-state index contributed by atoms with van der Waals surface area (Å²) in [5.41, 5.74) is 8.50. The van der Waals surface area contributed by atoms with Gasteiger partial charge >= 0.3 is 0 Å². The summed E-state index contributed by atoms with van der Waals surface area (Å²) >= 11 is 0. The molecule has 0 spiro atoms. The van der Waals surface area contributed by atoms with E-state index in [1.807, 2.05) is 67.4 Å². The van der Waals surface area contributed by atoms with Crippen molar-refractivity contribution in [3.63, 3.8) is 0 Å². The third-order valence-corrected chi connectivity index (χ3v) is 8.83. The molecular weight excluding hydrogens is 559 g/mol. The molecule has 1 aliphatic heterocycles. The lowest BCUT2D eigenvalue weighted by Gasteiger charge is -2.33. The van der Waals surface area contributed by atoms with E-state index < -0.39 is 0 Å². The summed E-state index contributed by atoms with van der Waals surface area (Å²) in [7, 11) is 0. The second-order valence-electron chi connectivity index (χ2n) is 12.1. The minimum atomic E-state index is -0.275. The fourth-order valence-corrected chi connectivity index (χ4v) is 6.45. The Balaban J connectivity index is 1.21. The Kier molecular flexibility index (Phi) is 8.74. The van der Waals surface area contributed by atoms with Crippen LogP contribution in [0, 0.1) is 12.7 Å². The van der Waals surface area contributed by atoms with E-state index in [1.54, 1.807) is 12.1 Å². The number of piperidine rings is 1. The Morgan fingerprint density at radius 1 is 1.00 bits per heavy atom. The van der Waals surface area contributed by atoms with Crippen LogP contribution in [0.3, 0.4) is 0 Å². The zero-order valence-corrected chi connectivity index (χ0v) is 26.2. The maximum absolute atomic E-state index is 14.1. The van der Waals surface area contributed by atoms with Crippen molar-refractivity contribution in [1.29, 1.82) is 0 Å². The van der Waals surface area contributed by atoms with Gasteiger partial charge in [0.15, 0.2) is 0 Å². The first kappa shape index (κ1) is 30.2. The van der Waals surface area contributed by atoms with E-state index >= 15 is 0 Å². The summed E-state index contributed by atoms with van der Waals surface area (Å²) in [6.07, 6.45) is 6.30. The molecule has 5 nitrogen and oxygen atoms in total. The third kappa shape index (κ3) is 6.37. The molecule has 2 aromatic heterocycles. The second-order valence-corrected chi connectivity index (χ2v) is 12.1. The van der Waals surface area contributed by atoms with Crippen molar-refractivity contribution in [2.45, 2.75) is 52.0 Å². The third-order valence-electron chi connectivity index (χ3n) is 8.83. The van der Waals surface area contributed by atoms with Gasteiger partial charge in [0.2, 0.25) is 0 Å². The second kappa shape index (κ2) is 13.0. The number of hydrogen-bond donors (Lipinski definition) is 0. The number of pyridine rings is 1. The minimum absolute atomic E-state index is 0.0384. The van der Waals surface area contributed by atoms with Gasteiger partial charge in [0.25, 0.3) is 5.91 Å². The molecular formula is C39H39FN4O. The number of rotatable bonds is 8. The van der Waals surface area contributed by atoms with Crippen LogP contribution in [0.5, 0.6) is 0 Å². The monoisotopic (exact) mass is 598 g/mol. The van der Waals surface area contributed by atoms with E-state index in [0.717, 1.165) is 63.2 Å². The van der Waals surface area contributed by atoms with Crippen LogP contribution in [0.4, 0.5) is 4.39 Å². The molecule has 0 N–H and O–H groups in total. The molecule has 45 heavy (non-hydrogen) atoms. The van der Waals surface area contributed by atoms with Crippen molar-refractivity contribution in [2.75, 3.05) is 13.1 Å². The number of amides is 1. The smallest absolute Gasteiger partial charge is 0.253 e. The first-order chi connectivity index (χ1) is 21.8. The predicted molar refractivity (Wildman–Crippen MR) is 180 cm³/mol. The number of likely N-dealkylation sites (tertiary alicyclic amines) is 1. The van der Waals surface area contributed by atoms with Gasteiger partial charge in [-0.15, -0.1) is 0 Å². The van der Waals surface area contributed by atoms with Crippen molar-refractivity contribution >= 4 is 22.5 Å². The van der Waals surface area contributed by atoms with E-state index in [-0.39, 0.29) is 23.7 Å². The van der Waals surface area contributed by atoms with Gasteiger partial charge in [0, 0.05) is 30.8 Å². The van der Waals surface area contributed by atoms with Crippen LogP contribution in [-0.4, -0.2) is 38.4 Å². The Morgan fingerprint density at radius 2 is 1.78 bits per heavy atom. The predicted octanol–water partition coefficient (Wildman–Crippen LogP) is 8.91. The van der Waals surface area contributed by atoms with Crippen LogP contribution in [0.15, 0.2) is 109 Å². The highest BCUT2D eigenvalue weighted by Gasteiger charge is 2.30. The van der Waals surface area contributed by atoms with Gasteiger partial charge in [-0.25, -0.2) is 9.37 Å². The quantitative estimate of drug-likeness (QED) is 0.168. The zero-order chi connectivity index (χ0) is 31.5. The average molecular weight is 599 g/mol. The van der Waals surface area contributed by atoms with Gasteiger partial charge in [-0.3, -0.25) is 9.78 Å². The van der Waals surface area contributed by atoms with Gasteiger partial charge < -0.3 is 9.47 Å². The lowest BCUT2D eigenvalue weighted by molar-refractivity contribution is 0.0710. The van der Waals surface area contributed by atoms with E-state index in [0.29, 0.717) is 25.1 Å². The maximum Gasteiger partial charge on any atom is 0.253 e. The first-order valence-corrected chi connectivity index (χ1v) is 15.7. The molecule has 3 heterocycles. The molecule has 0 aliphatic carbocycles. The number of halogens is 1. The van der Waals surface area contributed by atoms with Crippen LogP contribution in [0.2, 0.25) is 0 Å². The molecule has 1 amide bonds. The minimum Gasteiger partial charge on any atom is -0.339 e. The molecule has 3 aromatic carbocycles. The molecule has 0 radical (unpaired) electrons. The molecule has 1 fully saturated rings. The topological polar surface area (TPSA) is 51.0 Å². The zero-order valence-electron chi connectivity index (χ0n) is 26.2. The van der Waals surface area contributed by atoms with Crippen LogP contribution < -0.4 is 0 Å². The summed E-state index contributed by atoms with van der Waals surface area (Å²) in [6.45, 7) is 11.5. The molecule has 0 bridgehead atoms. The van der Waals surface area contributed by atoms with Crippen molar-refractivity contribution in [3.05, 3.63) is 149 Å². The standard InChI is InChI=1S/C39H39FN4O/c1-26(2)15-17-34(30-10-9-11-32(40)25-30)33-18-16-31(24-27(33)3)39(45)43-22-19-29(20-23-43)38-42-36-13-5-6-14-37(36)44(38)28(4)35-12-7-8-21-41-35/h5-14,16-18,21,24-25,28-29H,1,15,19-20,22-23H2,2-4H3/b34-17-. The van der Waals surface area contributed by atoms with Gasteiger partial charge in [0.05, 0.1) is 22.8 Å². The Hall–Kier alpha value is -4.84. The molecule has 5 aromatic rings. The van der Waals surface area contributed by atoms with Crippen molar-refractivity contribution < 1.29 is 9.18 Å². The molecule has 1 unspecified atom stereocenters. The summed E-state index contributed by atoms with van der Waals surface area (Å²) in [5.74, 6) is 1.07. The van der Waals surface area contributed by atoms with Crippen LogP contribution in [0.1, 0.15) is 83.6 Å². The van der Waals surface area contributed by atoms with Crippen molar-refractivity contribution in [3.8, 4) is 0 Å². The number of fused-ring (bicyclic) bond motifs is 1. The summed E-state index contributed by atoms with van der Waals surface area (Å²) in [4.78, 5) is 25.4. The number of benzene rings is 3. The Morgan fingerprint density at radius 3 is 2.49 bits per heavy atom. The number of nitrogens with zero attached hydrogens (tertiary/aromatic N) is 4. The SMILES string of the molecule is C=C(C)C/C=C(/c1cccc(F)c1)c1ccc(C(=O)N2CCC(c3nc4ccccc4n3C(C)c3ccccn3)CC2)cc1C. The average Bonchev–Trinajstić information content (AvgIpc) is 3.45. The number of hydrogen-bond acceptors (Lipinski definition) is 3. The number of aromatic nitrogens is 3. The van der Waals surface area contributed by atoms with E-state index in [1.165, 1.54) is 6.07 Å². The van der Waals surface area contributed by atoms with E-state index in [9.17, 15) is 9.18 Å². The highest BCUT2D eigenvalue weighted by atomic mass is 19.1. The Bertz CT molecular complexity index is 1880. The number of aryl methyl sites for hydroxylation is 1. The highest BCUT2D eigenvalue weighted by molar-refractivity contribution is 5.95. The van der Waals surface area contributed by atoms with Crippen molar-refractivity contribution in [1.82, 2.24) is 19.4 Å². The van der Waals surface area contributed by atoms with Crippen LogP contribution >= 0.6 is 0 Å². The molecule has 228 valence electrons. The van der Waals surface area contributed by atoms with E-state index in [2.05, 4.69) is 53.4 Å². The normalized spacial score (nSPS) is 14.9. The largest absolute Gasteiger partial charge is 0.339 e. The van der Waals surface area contributed by atoms with Gasteiger partial charge in [-0.1, -0.05) is 54.6 Å². The lowest BCUT2D eigenvalue weighted by Crippen LogP contribution is -2.38. The summed E-state index contributed by atoms with van der Waals surface area (Å²) in [5, 5.41) is 0. The molecule has 6 rings (SSSR count). The van der Waals surface area contributed by atoms with Gasteiger partial charge in [-0.05, 0) is 111 Å². The Labute approximate surface area is 264 Å². The number of para-hydroxylation sites is 2. The fourth-order valence-electron chi connectivity index (χ4n) is 6.45. The molecule has 1 atom stereocenters. The van der Waals surface area contributed by atoms with E-state index in [4.69, 9.17) is 4.98 Å². The number of allylic oxidation sites excluding steroid dienone is 2. The maximum atomic E-state index is 14.1. The first-order valence-electron chi connectivity index (χ1n) is 15.7. The number of imidazole rings is 1. The molecule has 1 saturated heterocycles. The van der Waals surface area contributed by atoms with Crippen LogP contribution in [-0.2, 0) is 0 Å². The van der Waals surface area contributed by atoms with Gasteiger partial charge in [-0.2, -0.15) is 0 Å². The fraction of sp³-hybridized carbons (Fsp3) is 0.256. The number of carbonyl (C=O) groups is 1. The van der Waals surface area contributed by atoms with Crippen molar-refractivity contribution in [2.24, 2.45) is 0 Å². The molecule has 0 saturated carbocycles.